The number of piperidine rings is 1. The Balaban J connectivity index is 1.30. The highest BCUT2D eigenvalue weighted by molar-refractivity contribution is 7.89. The van der Waals surface area contributed by atoms with E-state index >= 15 is 0 Å². The molecule has 2 aromatic carbocycles. The summed E-state index contributed by atoms with van der Waals surface area (Å²) in [5, 5.41) is 3.15. The van der Waals surface area contributed by atoms with Crippen LogP contribution in [0.5, 0.6) is 0 Å². The summed E-state index contributed by atoms with van der Waals surface area (Å²) >= 11 is 1.84. The van der Waals surface area contributed by atoms with Crippen LogP contribution in [0.3, 0.4) is 0 Å². The Morgan fingerprint density at radius 3 is 2.60 bits per heavy atom. The third-order valence-corrected chi connectivity index (χ3v) is 11.5. The zero-order valence-corrected chi connectivity index (χ0v) is 24.4. The Hall–Kier alpha value is -2.98. The van der Waals surface area contributed by atoms with Crippen LogP contribution in [0.1, 0.15) is 70.9 Å². The molecule has 4 heterocycles. The van der Waals surface area contributed by atoms with E-state index in [0.717, 1.165) is 53.5 Å². The van der Waals surface area contributed by atoms with E-state index in [-0.39, 0.29) is 11.7 Å². The molecule has 0 saturated carbocycles. The smallest absolute Gasteiger partial charge is 0.250 e. The van der Waals surface area contributed by atoms with Crippen molar-refractivity contribution in [3.8, 4) is 11.1 Å². The first-order chi connectivity index (χ1) is 19.3. The first kappa shape index (κ1) is 27.2. The summed E-state index contributed by atoms with van der Waals surface area (Å²) in [6.45, 7) is 4.70. The topological polar surface area (TPSA) is 99.5 Å². The van der Waals surface area contributed by atoms with Crippen LogP contribution in [0.15, 0.2) is 60.1 Å². The van der Waals surface area contributed by atoms with Crippen LogP contribution >= 0.6 is 11.3 Å². The number of sulfonamides is 1. The second-order valence-electron chi connectivity index (χ2n) is 11.0. The highest BCUT2D eigenvalue weighted by atomic mass is 32.2. The van der Waals surface area contributed by atoms with Crippen LogP contribution < -0.4 is 5.73 Å². The monoisotopic (exact) mass is 576 g/mol. The van der Waals surface area contributed by atoms with Crippen LogP contribution in [-0.4, -0.2) is 53.9 Å². The van der Waals surface area contributed by atoms with Gasteiger partial charge >= 0.3 is 0 Å². The standard InChI is InChI=1S/C31H36N4O3S2/c1-2-40(37,38)35-13-10-22(11-14-35)27-19-33-30-25(27)17-24(18-26(30)31(32)36)23-7-3-6-21(16-23)20-34-12-4-8-28(34)29-9-5-15-39-29/h3,5-7,9,15-19,22,28,33H,2,4,8,10-14,20H2,1H3,(H2,32,36). The lowest BCUT2D eigenvalue weighted by atomic mass is 9.88. The Kier molecular flexibility index (Phi) is 7.56. The lowest BCUT2D eigenvalue weighted by Crippen LogP contribution is -2.38. The predicted molar refractivity (Wildman–Crippen MR) is 162 cm³/mol. The highest BCUT2D eigenvalue weighted by Crippen LogP contribution is 2.38. The van der Waals surface area contributed by atoms with Gasteiger partial charge in [-0.2, -0.15) is 0 Å². The molecule has 2 fully saturated rings. The van der Waals surface area contributed by atoms with E-state index in [1.807, 2.05) is 23.6 Å². The van der Waals surface area contributed by atoms with Crippen LogP contribution in [0.4, 0.5) is 0 Å². The largest absolute Gasteiger partial charge is 0.366 e. The number of thiophene rings is 1. The average Bonchev–Trinajstić information content (AvgIpc) is 3.74. The average molecular weight is 577 g/mol. The number of H-pyrrole nitrogens is 1. The quantitative estimate of drug-likeness (QED) is 0.274. The molecule has 1 amide bonds. The number of likely N-dealkylation sites (tertiary alicyclic amines) is 1. The van der Waals surface area contributed by atoms with Crippen molar-refractivity contribution in [2.45, 2.75) is 51.1 Å². The number of amides is 1. The van der Waals surface area contributed by atoms with Gasteiger partial charge in [-0.3, -0.25) is 9.69 Å². The summed E-state index contributed by atoms with van der Waals surface area (Å²) in [6.07, 6.45) is 5.88. The number of benzene rings is 2. The minimum absolute atomic E-state index is 0.127. The number of fused-ring (bicyclic) bond motifs is 1. The number of carbonyl (C=O) groups is 1. The molecule has 1 unspecified atom stereocenters. The number of carbonyl (C=O) groups excluding carboxylic acids is 1. The molecule has 0 bridgehead atoms. The van der Waals surface area contributed by atoms with E-state index in [1.165, 1.54) is 23.3 Å². The SMILES string of the molecule is CCS(=O)(=O)N1CCC(c2c[nH]c3c(C(N)=O)cc(-c4cccc(CN5CCCC5c5cccs5)c4)cc23)CC1. The van der Waals surface area contributed by atoms with Crippen molar-refractivity contribution >= 4 is 38.2 Å². The number of hydrogen-bond acceptors (Lipinski definition) is 5. The van der Waals surface area contributed by atoms with Gasteiger partial charge in [0.05, 0.1) is 16.8 Å². The molecule has 0 radical (unpaired) electrons. The molecule has 2 aliphatic rings. The fourth-order valence-electron chi connectivity index (χ4n) is 6.48. The van der Waals surface area contributed by atoms with E-state index in [9.17, 15) is 13.2 Å². The van der Waals surface area contributed by atoms with E-state index < -0.39 is 15.9 Å². The summed E-state index contributed by atoms with van der Waals surface area (Å²) in [7, 11) is -3.18. The predicted octanol–water partition coefficient (Wildman–Crippen LogP) is 5.86. The second kappa shape index (κ2) is 11.1. The maximum Gasteiger partial charge on any atom is 0.250 e. The van der Waals surface area contributed by atoms with Crippen molar-refractivity contribution in [3.63, 3.8) is 0 Å². The third kappa shape index (κ3) is 5.23. The molecule has 4 aromatic rings. The normalized spacial score (nSPS) is 19.5. The molecule has 210 valence electrons. The molecule has 2 aromatic heterocycles. The number of hydrogen-bond donors (Lipinski definition) is 2. The number of primary amides is 1. The van der Waals surface area contributed by atoms with Crippen LogP contribution in [-0.2, 0) is 16.6 Å². The highest BCUT2D eigenvalue weighted by Gasteiger charge is 2.30. The molecule has 2 aliphatic heterocycles. The molecule has 2 saturated heterocycles. The molecular formula is C31H36N4O3S2. The van der Waals surface area contributed by atoms with Gasteiger partial charge < -0.3 is 10.7 Å². The van der Waals surface area contributed by atoms with Gasteiger partial charge in [-0.1, -0.05) is 24.3 Å². The summed E-state index contributed by atoms with van der Waals surface area (Å²) in [5.41, 5.74) is 11.5. The summed E-state index contributed by atoms with van der Waals surface area (Å²) in [4.78, 5) is 19.8. The van der Waals surface area contributed by atoms with Crippen molar-refractivity contribution in [3.05, 3.63) is 81.7 Å². The Labute approximate surface area is 240 Å². The zero-order valence-electron chi connectivity index (χ0n) is 22.8. The summed E-state index contributed by atoms with van der Waals surface area (Å²) in [6, 6.07) is 17.5. The third-order valence-electron chi connectivity index (χ3n) is 8.62. The number of rotatable bonds is 8. The fourth-order valence-corrected chi connectivity index (χ4v) is 8.51. The molecule has 1 atom stereocenters. The minimum Gasteiger partial charge on any atom is -0.366 e. The number of aromatic nitrogens is 1. The van der Waals surface area contributed by atoms with E-state index in [2.05, 4.69) is 57.7 Å². The molecule has 0 aliphatic carbocycles. The zero-order chi connectivity index (χ0) is 27.9. The fraction of sp³-hybridized carbons (Fsp3) is 0.387. The molecule has 40 heavy (non-hydrogen) atoms. The second-order valence-corrected chi connectivity index (χ2v) is 14.2. The molecular weight excluding hydrogens is 541 g/mol. The lowest BCUT2D eigenvalue weighted by molar-refractivity contribution is 0.100. The maximum atomic E-state index is 12.5. The summed E-state index contributed by atoms with van der Waals surface area (Å²) in [5.74, 6) is -0.124. The van der Waals surface area contributed by atoms with E-state index in [0.29, 0.717) is 24.7 Å². The molecule has 0 spiro atoms. The lowest BCUT2D eigenvalue weighted by Gasteiger charge is -2.31. The maximum absolute atomic E-state index is 12.5. The number of aromatic amines is 1. The van der Waals surface area contributed by atoms with Gasteiger partial charge in [0.2, 0.25) is 10.0 Å². The van der Waals surface area contributed by atoms with Crippen LogP contribution in [0, 0.1) is 0 Å². The van der Waals surface area contributed by atoms with Crippen LogP contribution in [0.2, 0.25) is 0 Å². The first-order valence-electron chi connectivity index (χ1n) is 14.1. The first-order valence-corrected chi connectivity index (χ1v) is 16.6. The van der Waals surface area contributed by atoms with Gasteiger partial charge in [-0.15, -0.1) is 11.3 Å². The van der Waals surface area contributed by atoms with Crippen molar-refractivity contribution in [1.29, 1.82) is 0 Å². The Morgan fingerprint density at radius 1 is 1.05 bits per heavy atom. The van der Waals surface area contributed by atoms with Gasteiger partial charge in [0.1, 0.15) is 0 Å². The number of nitrogens with two attached hydrogens (primary N) is 1. The number of nitrogens with one attached hydrogen (secondary N) is 1. The van der Waals surface area contributed by atoms with Gasteiger partial charge in [-0.25, -0.2) is 12.7 Å². The van der Waals surface area contributed by atoms with Crippen molar-refractivity contribution in [2.75, 3.05) is 25.4 Å². The molecule has 7 nitrogen and oxygen atoms in total. The molecule has 3 N–H and O–H groups in total. The van der Waals surface area contributed by atoms with Gasteiger partial charge in [-0.05, 0) is 97.0 Å². The van der Waals surface area contributed by atoms with Gasteiger partial charge in [0.25, 0.3) is 5.91 Å². The minimum atomic E-state index is -3.18. The van der Waals surface area contributed by atoms with Gasteiger partial charge in [0.15, 0.2) is 0 Å². The summed E-state index contributed by atoms with van der Waals surface area (Å²) < 4.78 is 26.3. The van der Waals surface area contributed by atoms with Crippen molar-refractivity contribution in [1.82, 2.24) is 14.2 Å². The Bertz CT molecular complexity index is 1620. The van der Waals surface area contributed by atoms with Crippen molar-refractivity contribution < 1.29 is 13.2 Å². The van der Waals surface area contributed by atoms with E-state index in [1.54, 1.807) is 11.2 Å². The molecule has 6 rings (SSSR count). The van der Waals surface area contributed by atoms with E-state index in [4.69, 9.17) is 5.73 Å². The molecule has 9 heteroatoms. The van der Waals surface area contributed by atoms with Crippen molar-refractivity contribution in [2.24, 2.45) is 5.73 Å². The Morgan fingerprint density at radius 2 is 1.88 bits per heavy atom. The van der Waals surface area contributed by atoms with Gasteiger partial charge in [0, 0.05) is 42.1 Å². The van der Waals surface area contributed by atoms with Crippen LogP contribution in [0.25, 0.3) is 22.0 Å². The number of nitrogens with zero attached hydrogens (tertiary/aromatic N) is 2.